The van der Waals surface area contributed by atoms with Gasteiger partial charge in [-0.1, -0.05) is 12.1 Å². The Kier molecular flexibility index (Phi) is 4.06. The highest BCUT2D eigenvalue weighted by Crippen LogP contribution is 2.19. The Hall–Kier alpha value is -2.01. The number of aliphatic imine (C=N–C) groups is 1. The zero-order valence-electron chi connectivity index (χ0n) is 10.1. The van der Waals surface area contributed by atoms with E-state index in [-0.39, 0.29) is 5.78 Å². The van der Waals surface area contributed by atoms with Gasteiger partial charge in [0.2, 0.25) is 0 Å². The molecule has 0 atom stereocenters. The number of rotatable bonds is 2. The lowest BCUT2D eigenvalue weighted by molar-refractivity contribution is -0.110. The number of ether oxygens (including phenoxy) is 1. The van der Waals surface area contributed by atoms with E-state index >= 15 is 0 Å². The Morgan fingerprint density at radius 3 is 2.68 bits per heavy atom. The van der Waals surface area contributed by atoms with Crippen molar-refractivity contribution in [3.8, 4) is 5.75 Å². The molecule has 1 amide bonds. The molecule has 0 bridgehead atoms. The Morgan fingerprint density at radius 1 is 1.26 bits per heavy atom. The summed E-state index contributed by atoms with van der Waals surface area (Å²) in [6, 6.07) is 6.85. The highest BCUT2D eigenvalue weighted by atomic mass is 79.9. The van der Waals surface area contributed by atoms with Crippen molar-refractivity contribution in [2.75, 3.05) is 7.11 Å². The van der Waals surface area contributed by atoms with Crippen molar-refractivity contribution in [1.82, 2.24) is 0 Å². The predicted octanol–water partition coefficient (Wildman–Crippen LogP) is 2.69. The van der Waals surface area contributed by atoms with E-state index in [1.165, 1.54) is 25.3 Å². The number of hydrogen-bond acceptors (Lipinski definition) is 3. The SMILES string of the molecule is COc1ccccc1C(=O)N=C1C=CC(=O)C(Br)=C1. The summed E-state index contributed by atoms with van der Waals surface area (Å²) in [5.41, 5.74) is 0.801. The van der Waals surface area contributed by atoms with Crippen molar-refractivity contribution in [2.45, 2.75) is 0 Å². The van der Waals surface area contributed by atoms with Gasteiger partial charge in [-0.3, -0.25) is 9.59 Å². The molecule has 1 aromatic carbocycles. The van der Waals surface area contributed by atoms with Gasteiger partial charge in [-0.15, -0.1) is 0 Å². The lowest BCUT2D eigenvalue weighted by Gasteiger charge is -2.05. The highest BCUT2D eigenvalue weighted by Gasteiger charge is 2.13. The number of hydrogen-bond donors (Lipinski definition) is 0. The largest absolute Gasteiger partial charge is 0.496 e. The molecule has 0 saturated heterocycles. The lowest BCUT2D eigenvalue weighted by atomic mass is 10.1. The van der Waals surface area contributed by atoms with E-state index in [0.29, 0.717) is 21.5 Å². The zero-order valence-corrected chi connectivity index (χ0v) is 11.7. The second-order valence-corrected chi connectivity index (χ2v) is 4.59. The average Bonchev–Trinajstić information content (AvgIpc) is 2.43. The summed E-state index contributed by atoms with van der Waals surface area (Å²) < 4.78 is 5.48. The number of methoxy groups -OCH3 is 1. The van der Waals surface area contributed by atoms with Gasteiger partial charge >= 0.3 is 0 Å². The minimum atomic E-state index is -0.414. The minimum absolute atomic E-state index is 0.149. The monoisotopic (exact) mass is 319 g/mol. The Labute approximate surface area is 118 Å². The van der Waals surface area contributed by atoms with Crippen molar-refractivity contribution < 1.29 is 14.3 Å². The summed E-state index contributed by atoms with van der Waals surface area (Å²) >= 11 is 3.11. The number of carbonyl (C=O) groups is 2. The average molecular weight is 320 g/mol. The Bertz CT molecular complexity index is 629. The van der Waals surface area contributed by atoms with Crippen LogP contribution in [0.4, 0.5) is 0 Å². The molecule has 0 saturated carbocycles. The molecular formula is C14H10BrNO3. The van der Waals surface area contributed by atoms with Gasteiger partial charge in [-0.05, 0) is 46.3 Å². The quantitative estimate of drug-likeness (QED) is 0.787. The van der Waals surface area contributed by atoms with Crippen LogP contribution in [0.1, 0.15) is 10.4 Å². The van der Waals surface area contributed by atoms with Crippen LogP contribution in [-0.2, 0) is 4.79 Å². The third-order valence-electron chi connectivity index (χ3n) is 2.48. The molecule has 0 aromatic heterocycles. The molecule has 0 radical (unpaired) electrons. The maximum Gasteiger partial charge on any atom is 0.281 e. The van der Waals surface area contributed by atoms with E-state index < -0.39 is 5.91 Å². The third kappa shape index (κ3) is 3.06. The molecule has 1 aromatic rings. The smallest absolute Gasteiger partial charge is 0.281 e. The summed E-state index contributed by atoms with van der Waals surface area (Å²) in [7, 11) is 1.49. The number of ketones is 1. The summed E-state index contributed by atoms with van der Waals surface area (Å²) in [5.74, 6) is -0.0950. The van der Waals surface area contributed by atoms with Crippen LogP contribution in [0.15, 0.2) is 52.0 Å². The first-order valence-corrected chi connectivity index (χ1v) is 6.27. The third-order valence-corrected chi connectivity index (χ3v) is 3.10. The Balaban J connectivity index is 2.31. The number of nitrogens with zero attached hydrogens (tertiary/aromatic N) is 1. The topological polar surface area (TPSA) is 55.7 Å². The molecule has 4 nitrogen and oxygen atoms in total. The molecule has 0 N–H and O–H groups in total. The summed E-state index contributed by atoms with van der Waals surface area (Å²) in [4.78, 5) is 27.2. The van der Waals surface area contributed by atoms with E-state index in [1.807, 2.05) is 0 Å². The number of halogens is 1. The molecule has 5 heteroatoms. The number of amides is 1. The summed E-state index contributed by atoms with van der Waals surface area (Å²) in [6.07, 6.45) is 4.37. The first-order chi connectivity index (χ1) is 9.11. The van der Waals surface area contributed by atoms with Gasteiger partial charge < -0.3 is 4.74 Å². The maximum atomic E-state index is 12.0. The second-order valence-electron chi connectivity index (χ2n) is 3.73. The number of carbonyl (C=O) groups excluding carboxylic acids is 2. The first kappa shape index (κ1) is 13.4. The molecule has 19 heavy (non-hydrogen) atoms. The second kappa shape index (κ2) is 5.75. The van der Waals surface area contributed by atoms with Crippen molar-refractivity contribution in [1.29, 1.82) is 0 Å². The molecule has 1 aliphatic carbocycles. The molecular weight excluding hydrogens is 310 g/mol. The minimum Gasteiger partial charge on any atom is -0.496 e. The molecule has 0 fully saturated rings. The molecule has 96 valence electrons. The normalized spacial score (nSPS) is 16.4. The van der Waals surface area contributed by atoms with Crippen molar-refractivity contribution in [3.63, 3.8) is 0 Å². The summed E-state index contributed by atoms with van der Waals surface area (Å²) in [5, 5.41) is 0. The van der Waals surface area contributed by atoms with E-state index in [4.69, 9.17) is 4.74 Å². The van der Waals surface area contributed by atoms with Crippen LogP contribution in [0.3, 0.4) is 0 Å². The first-order valence-electron chi connectivity index (χ1n) is 5.47. The highest BCUT2D eigenvalue weighted by molar-refractivity contribution is 9.12. The van der Waals surface area contributed by atoms with Crippen LogP contribution in [0.5, 0.6) is 5.75 Å². The number of allylic oxidation sites excluding steroid dienone is 4. The molecule has 1 aliphatic rings. The standard InChI is InChI=1S/C14H10BrNO3/c1-19-13-5-3-2-4-10(13)14(18)16-9-6-7-12(17)11(15)8-9/h2-8H,1H3. The molecule has 0 aliphatic heterocycles. The van der Waals surface area contributed by atoms with Gasteiger partial charge in [0.25, 0.3) is 5.91 Å². The fourth-order valence-corrected chi connectivity index (χ4v) is 1.92. The number of benzene rings is 1. The van der Waals surface area contributed by atoms with E-state index in [1.54, 1.807) is 24.3 Å². The molecule has 0 unspecified atom stereocenters. The van der Waals surface area contributed by atoms with Gasteiger partial charge in [0.05, 0.1) is 22.9 Å². The molecule has 0 heterocycles. The number of para-hydroxylation sites is 1. The van der Waals surface area contributed by atoms with Gasteiger partial charge in [0.1, 0.15) is 5.75 Å². The van der Waals surface area contributed by atoms with Crippen LogP contribution in [0, 0.1) is 0 Å². The van der Waals surface area contributed by atoms with Gasteiger partial charge in [-0.25, -0.2) is 4.99 Å². The fourth-order valence-electron chi connectivity index (χ4n) is 1.56. The van der Waals surface area contributed by atoms with Crippen LogP contribution in [0.25, 0.3) is 0 Å². The molecule has 0 spiro atoms. The lowest BCUT2D eigenvalue weighted by Crippen LogP contribution is -2.07. The van der Waals surface area contributed by atoms with E-state index in [0.717, 1.165) is 0 Å². The van der Waals surface area contributed by atoms with Crippen molar-refractivity contribution in [2.24, 2.45) is 4.99 Å². The van der Waals surface area contributed by atoms with Gasteiger partial charge in [-0.2, -0.15) is 0 Å². The maximum absolute atomic E-state index is 12.0. The Morgan fingerprint density at radius 2 is 2.00 bits per heavy atom. The van der Waals surface area contributed by atoms with Crippen LogP contribution in [0.2, 0.25) is 0 Å². The van der Waals surface area contributed by atoms with Gasteiger partial charge in [0, 0.05) is 0 Å². The fraction of sp³-hybridized carbons (Fsp3) is 0.0714. The van der Waals surface area contributed by atoms with Crippen LogP contribution < -0.4 is 4.74 Å². The van der Waals surface area contributed by atoms with E-state index in [2.05, 4.69) is 20.9 Å². The van der Waals surface area contributed by atoms with Crippen molar-refractivity contribution >= 4 is 33.3 Å². The predicted molar refractivity (Wildman–Crippen MR) is 75.9 cm³/mol. The van der Waals surface area contributed by atoms with Crippen LogP contribution in [-0.4, -0.2) is 24.5 Å². The summed E-state index contributed by atoms with van der Waals surface area (Å²) in [6.45, 7) is 0. The van der Waals surface area contributed by atoms with E-state index in [9.17, 15) is 9.59 Å². The van der Waals surface area contributed by atoms with Crippen LogP contribution >= 0.6 is 15.9 Å². The van der Waals surface area contributed by atoms with Gasteiger partial charge in [0.15, 0.2) is 5.78 Å². The molecule has 2 rings (SSSR count). The van der Waals surface area contributed by atoms with Crippen molar-refractivity contribution in [3.05, 3.63) is 52.5 Å². The zero-order chi connectivity index (χ0) is 13.8.